The maximum absolute atomic E-state index is 11.8. The number of hydrogen-bond acceptors (Lipinski definition) is 4. The van der Waals surface area contributed by atoms with Gasteiger partial charge in [-0.2, -0.15) is 0 Å². The number of hydrogen-bond donors (Lipinski definition) is 2. The summed E-state index contributed by atoms with van der Waals surface area (Å²) in [7, 11) is 0. The van der Waals surface area contributed by atoms with Crippen LogP contribution in [-0.2, 0) is 4.79 Å². The molecule has 0 saturated heterocycles. The van der Waals surface area contributed by atoms with Gasteiger partial charge in [0.15, 0.2) is 11.5 Å². The van der Waals surface area contributed by atoms with Crippen molar-refractivity contribution < 1.29 is 14.3 Å². The molecule has 1 aromatic rings. The first-order valence-corrected chi connectivity index (χ1v) is 7.20. The van der Waals surface area contributed by atoms with Crippen LogP contribution in [0.1, 0.15) is 26.2 Å². The summed E-state index contributed by atoms with van der Waals surface area (Å²) in [4.78, 5) is 11.8. The molecule has 2 rings (SSSR count). The Bertz CT molecular complexity index is 449. The van der Waals surface area contributed by atoms with E-state index in [-0.39, 0.29) is 5.91 Å². The van der Waals surface area contributed by atoms with Crippen LogP contribution in [-0.4, -0.2) is 32.2 Å². The number of benzene rings is 1. The van der Waals surface area contributed by atoms with Crippen molar-refractivity contribution in [2.24, 2.45) is 0 Å². The van der Waals surface area contributed by atoms with Crippen molar-refractivity contribution in [1.29, 1.82) is 0 Å². The van der Waals surface area contributed by atoms with Crippen LogP contribution in [0, 0.1) is 0 Å². The van der Waals surface area contributed by atoms with Crippen molar-refractivity contribution in [2.45, 2.75) is 26.2 Å². The summed E-state index contributed by atoms with van der Waals surface area (Å²) >= 11 is 0. The number of nitrogens with one attached hydrogen (secondary N) is 2. The Morgan fingerprint density at radius 2 is 2.00 bits per heavy atom. The zero-order valence-electron chi connectivity index (χ0n) is 11.9. The number of rotatable bonds is 7. The van der Waals surface area contributed by atoms with E-state index in [1.807, 2.05) is 12.1 Å². The van der Waals surface area contributed by atoms with E-state index in [9.17, 15) is 4.79 Å². The van der Waals surface area contributed by atoms with Gasteiger partial charge in [0.2, 0.25) is 5.91 Å². The fraction of sp³-hybridized carbons (Fsp3) is 0.533. The van der Waals surface area contributed by atoms with Crippen LogP contribution < -0.4 is 20.1 Å². The number of unbranched alkanes of at least 4 members (excludes halogenated alkanes) is 2. The van der Waals surface area contributed by atoms with Crippen LogP contribution in [0.3, 0.4) is 0 Å². The summed E-state index contributed by atoms with van der Waals surface area (Å²) in [5.74, 6) is 1.37. The smallest absolute Gasteiger partial charge is 0.238 e. The van der Waals surface area contributed by atoms with E-state index in [1.165, 1.54) is 12.8 Å². The van der Waals surface area contributed by atoms with Gasteiger partial charge in [-0.05, 0) is 25.1 Å². The molecule has 0 bridgehead atoms. The van der Waals surface area contributed by atoms with Crippen LogP contribution >= 0.6 is 0 Å². The third-order valence-corrected chi connectivity index (χ3v) is 3.07. The van der Waals surface area contributed by atoms with Gasteiger partial charge in [-0.1, -0.05) is 19.8 Å². The average Bonchev–Trinajstić information content (AvgIpc) is 2.47. The van der Waals surface area contributed by atoms with Gasteiger partial charge in [0.05, 0.1) is 6.54 Å². The predicted octanol–water partition coefficient (Wildman–Crippen LogP) is 2.18. The third-order valence-electron chi connectivity index (χ3n) is 3.07. The Morgan fingerprint density at radius 1 is 1.20 bits per heavy atom. The van der Waals surface area contributed by atoms with Gasteiger partial charge in [-0.3, -0.25) is 4.79 Å². The van der Waals surface area contributed by atoms with Crippen molar-refractivity contribution in [2.75, 3.05) is 31.6 Å². The molecule has 1 heterocycles. The first-order valence-electron chi connectivity index (χ1n) is 7.20. The second-order valence-electron chi connectivity index (χ2n) is 4.79. The molecule has 0 radical (unpaired) electrons. The van der Waals surface area contributed by atoms with Crippen LogP contribution in [0.25, 0.3) is 0 Å². The fourth-order valence-corrected chi connectivity index (χ4v) is 2.03. The summed E-state index contributed by atoms with van der Waals surface area (Å²) in [6.45, 7) is 4.49. The maximum atomic E-state index is 11.8. The first kappa shape index (κ1) is 14.7. The lowest BCUT2D eigenvalue weighted by molar-refractivity contribution is -0.115. The van der Waals surface area contributed by atoms with E-state index < -0.39 is 0 Å². The van der Waals surface area contributed by atoms with E-state index in [0.717, 1.165) is 24.4 Å². The van der Waals surface area contributed by atoms with Gasteiger partial charge in [0, 0.05) is 11.8 Å². The quantitative estimate of drug-likeness (QED) is 0.751. The molecule has 0 spiro atoms. The van der Waals surface area contributed by atoms with Crippen molar-refractivity contribution in [3.05, 3.63) is 18.2 Å². The molecule has 0 fully saturated rings. The molecule has 2 N–H and O–H groups in total. The molecular weight excluding hydrogens is 256 g/mol. The molecule has 0 aliphatic carbocycles. The molecule has 1 aliphatic heterocycles. The Morgan fingerprint density at radius 3 is 2.80 bits per heavy atom. The molecule has 0 aromatic heterocycles. The van der Waals surface area contributed by atoms with Crippen molar-refractivity contribution in [3.8, 4) is 11.5 Å². The number of carbonyl (C=O) groups excluding carboxylic acids is 1. The lowest BCUT2D eigenvalue weighted by Gasteiger charge is -2.19. The molecular formula is C15H22N2O3. The highest BCUT2D eigenvalue weighted by Crippen LogP contribution is 2.32. The van der Waals surface area contributed by atoms with Gasteiger partial charge < -0.3 is 20.1 Å². The van der Waals surface area contributed by atoms with E-state index in [1.54, 1.807) is 6.07 Å². The minimum Gasteiger partial charge on any atom is -0.486 e. The largest absolute Gasteiger partial charge is 0.486 e. The molecule has 1 amide bonds. The van der Waals surface area contributed by atoms with Gasteiger partial charge in [-0.25, -0.2) is 0 Å². The van der Waals surface area contributed by atoms with E-state index in [4.69, 9.17) is 9.47 Å². The molecule has 110 valence electrons. The average molecular weight is 278 g/mol. The summed E-state index contributed by atoms with van der Waals surface area (Å²) in [5, 5.41) is 5.98. The molecule has 0 saturated carbocycles. The van der Waals surface area contributed by atoms with Crippen LogP contribution in [0.2, 0.25) is 0 Å². The standard InChI is InChI=1S/C15H22N2O3/c1-2-3-4-7-16-11-15(18)17-12-5-6-13-14(10-12)20-9-8-19-13/h5-6,10,16H,2-4,7-9,11H2,1H3,(H,17,18). The lowest BCUT2D eigenvalue weighted by Crippen LogP contribution is -2.28. The van der Waals surface area contributed by atoms with Crippen molar-refractivity contribution >= 4 is 11.6 Å². The van der Waals surface area contributed by atoms with Crippen LogP contribution in [0.15, 0.2) is 18.2 Å². The molecule has 0 atom stereocenters. The van der Waals surface area contributed by atoms with E-state index in [2.05, 4.69) is 17.6 Å². The van der Waals surface area contributed by atoms with E-state index >= 15 is 0 Å². The Hall–Kier alpha value is -1.75. The summed E-state index contributed by atoms with van der Waals surface area (Å²) in [6.07, 6.45) is 3.48. The highest BCUT2D eigenvalue weighted by atomic mass is 16.6. The SMILES string of the molecule is CCCCCNCC(=O)Nc1ccc2c(c1)OCCO2. The molecule has 1 aliphatic rings. The summed E-state index contributed by atoms with van der Waals surface area (Å²) in [6, 6.07) is 5.44. The van der Waals surface area contributed by atoms with E-state index in [0.29, 0.717) is 25.5 Å². The van der Waals surface area contributed by atoms with Gasteiger partial charge in [-0.15, -0.1) is 0 Å². The third kappa shape index (κ3) is 4.42. The van der Waals surface area contributed by atoms with Crippen molar-refractivity contribution in [1.82, 2.24) is 5.32 Å². The minimum atomic E-state index is -0.0434. The monoisotopic (exact) mass is 278 g/mol. The van der Waals surface area contributed by atoms with Crippen LogP contribution in [0.4, 0.5) is 5.69 Å². The number of carbonyl (C=O) groups is 1. The molecule has 5 nitrogen and oxygen atoms in total. The van der Waals surface area contributed by atoms with Gasteiger partial charge >= 0.3 is 0 Å². The molecule has 1 aromatic carbocycles. The number of amides is 1. The van der Waals surface area contributed by atoms with Crippen LogP contribution in [0.5, 0.6) is 11.5 Å². The Labute approximate surface area is 119 Å². The number of anilines is 1. The number of fused-ring (bicyclic) bond motifs is 1. The highest BCUT2D eigenvalue weighted by Gasteiger charge is 2.12. The second-order valence-corrected chi connectivity index (χ2v) is 4.79. The normalized spacial score (nSPS) is 13.1. The van der Waals surface area contributed by atoms with Gasteiger partial charge in [0.1, 0.15) is 13.2 Å². The lowest BCUT2D eigenvalue weighted by atomic mass is 10.2. The summed E-state index contributed by atoms with van der Waals surface area (Å²) in [5.41, 5.74) is 0.731. The molecule has 5 heteroatoms. The van der Waals surface area contributed by atoms with Crippen molar-refractivity contribution in [3.63, 3.8) is 0 Å². The second kappa shape index (κ2) is 7.75. The fourth-order valence-electron chi connectivity index (χ4n) is 2.03. The minimum absolute atomic E-state index is 0.0434. The maximum Gasteiger partial charge on any atom is 0.238 e. The number of ether oxygens (including phenoxy) is 2. The zero-order valence-corrected chi connectivity index (χ0v) is 11.9. The first-order chi connectivity index (χ1) is 9.79. The zero-order chi connectivity index (χ0) is 14.2. The van der Waals surface area contributed by atoms with Gasteiger partial charge in [0.25, 0.3) is 0 Å². The Kier molecular flexibility index (Phi) is 5.68. The molecule has 0 unspecified atom stereocenters. The summed E-state index contributed by atoms with van der Waals surface area (Å²) < 4.78 is 10.9. The Balaban J connectivity index is 1.76. The highest BCUT2D eigenvalue weighted by molar-refractivity contribution is 5.92. The topological polar surface area (TPSA) is 59.6 Å². The molecule has 20 heavy (non-hydrogen) atoms. The predicted molar refractivity (Wildman–Crippen MR) is 78.5 cm³/mol.